The summed E-state index contributed by atoms with van der Waals surface area (Å²) < 4.78 is 39.2. The first-order chi connectivity index (χ1) is 12.1. The second-order valence-corrected chi connectivity index (χ2v) is 7.12. The highest BCUT2D eigenvalue weighted by atomic mass is 19.1. The van der Waals surface area contributed by atoms with Crippen LogP contribution >= 0.6 is 0 Å². The van der Waals surface area contributed by atoms with Gasteiger partial charge in [0.2, 0.25) is 0 Å². The molecule has 136 valence electrons. The highest BCUT2D eigenvalue weighted by Gasteiger charge is 2.51. The van der Waals surface area contributed by atoms with E-state index in [1.807, 2.05) is 27.7 Å². The van der Waals surface area contributed by atoms with Gasteiger partial charge in [-0.15, -0.1) is 0 Å². The van der Waals surface area contributed by atoms with Crippen LogP contribution in [0.15, 0.2) is 36.5 Å². The van der Waals surface area contributed by atoms with E-state index in [0.717, 1.165) is 12.1 Å². The zero-order valence-corrected chi connectivity index (χ0v) is 15.0. The molecule has 1 fully saturated rings. The number of rotatable bonds is 3. The number of hydrogen-bond donors (Lipinski definition) is 1. The van der Waals surface area contributed by atoms with E-state index in [-0.39, 0.29) is 5.82 Å². The molecule has 3 rings (SSSR count). The molecule has 0 bridgehead atoms. The molecule has 0 spiro atoms. The Bertz CT molecular complexity index is 805. The smallest absolute Gasteiger partial charge is 0.399 e. The van der Waals surface area contributed by atoms with E-state index in [1.54, 1.807) is 6.07 Å². The fraction of sp³-hybridized carbons (Fsp3) is 0.333. The monoisotopic (exact) mass is 360 g/mol. The minimum atomic E-state index is -0.934. The van der Waals surface area contributed by atoms with Crippen LogP contribution in [0.1, 0.15) is 38.1 Å². The van der Waals surface area contributed by atoms with Crippen LogP contribution in [-0.2, 0) is 9.31 Å². The van der Waals surface area contributed by atoms with Crippen molar-refractivity contribution in [2.75, 3.05) is 5.32 Å². The number of nitrogens with zero attached hydrogens (tertiary/aromatic N) is 1. The van der Waals surface area contributed by atoms with Gasteiger partial charge >= 0.3 is 7.12 Å². The van der Waals surface area contributed by atoms with E-state index in [4.69, 9.17) is 9.31 Å². The van der Waals surface area contributed by atoms with Gasteiger partial charge in [0.05, 0.1) is 11.2 Å². The molecule has 1 aliphatic heterocycles. The molecule has 5 nitrogen and oxygen atoms in total. The number of nitrogens with one attached hydrogen (secondary N) is 1. The molecule has 0 atom stereocenters. The van der Waals surface area contributed by atoms with Gasteiger partial charge in [0.1, 0.15) is 23.0 Å². The molecule has 0 aliphatic carbocycles. The average Bonchev–Trinajstić information content (AvgIpc) is 2.76. The summed E-state index contributed by atoms with van der Waals surface area (Å²) in [6.45, 7) is 7.77. The number of amides is 1. The molecule has 1 saturated heterocycles. The predicted molar refractivity (Wildman–Crippen MR) is 94.3 cm³/mol. The van der Waals surface area contributed by atoms with E-state index in [2.05, 4.69) is 10.3 Å². The quantitative estimate of drug-likeness (QED) is 0.856. The van der Waals surface area contributed by atoms with E-state index < -0.39 is 41.4 Å². The van der Waals surface area contributed by atoms with Crippen LogP contribution in [0.3, 0.4) is 0 Å². The summed E-state index contributed by atoms with van der Waals surface area (Å²) in [6, 6.07) is 6.44. The summed E-state index contributed by atoms with van der Waals surface area (Å²) in [5.41, 5.74) is -0.928. The van der Waals surface area contributed by atoms with Gasteiger partial charge in [-0.3, -0.25) is 4.79 Å². The molecule has 1 amide bonds. The summed E-state index contributed by atoms with van der Waals surface area (Å²) in [7, 11) is -0.582. The van der Waals surface area contributed by atoms with E-state index in [9.17, 15) is 13.6 Å². The number of pyridine rings is 1. The first-order valence-electron chi connectivity index (χ1n) is 8.18. The Hall–Kier alpha value is -2.32. The molecule has 1 aromatic heterocycles. The van der Waals surface area contributed by atoms with Gasteiger partial charge in [0, 0.05) is 11.7 Å². The first kappa shape index (κ1) is 18.5. The van der Waals surface area contributed by atoms with Crippen molar-refractivity contribution in [1.29, 1.82) is 0 Å². The van der Waals surface area contributed by atoms with Crippen molar-refractivity contribution in [3.8, 4) is 0 Å². The van der Waals surface area contributed by atoms with Crippen molar-refractivity contribution in [2.24, 2.45) is 0 Å². The lowest BCUT2D eigenvalue weighted by Gasteiger charge is -2.32. The lowest BCUT2D eigenvalue weighted by molar-refractivity contribution is 0.00578. The largest absolute Gasteiger partial charge is 0.496 e. The fourth-order valence-corrected chi connectivity index (χ4v) is 2.49. The Morgan fingerprint density at radius 2 is 1.62 bits per heavy atom. The van der Waals surface area contributed by atoms with Gasteiger partial charge < -0.3 is 14.6 Å². The van der Waals surface area contributed by atoms with Crippen LogP contribution in [0.25, 0.3) is 0 Å². The molecule has 0 radical (unpaired) electrons. The third kappa shape index (κ3) is 3.34. The lowest BCUT2D eigenvalue weighted by atomic mass is 9.80. The molecular formula is C18H19BF2N2O3. The number of hydrogen-bond acceptors (Lipinski definition) is 4. The summed E-state index contributed by atoms with van der Waals surface area (Å²) in [4.78, 5) is 16.2. The molecule has 0 unspecified atom stereocenters. The van der Waals surface area contributed by atoms with E-state index in [0.29, 0.717) is 5.46 Å². The average molecular weight is 360 g/mol. The number of aromatic nitrogens is 1. The molecule has 1 N–H and O–H groups in total. The Morgan fingerprint density at radius 1 is 1.04 bits per heavy atom. The van der Waals surface area contributed by atoms with E-state index in [1.165, 1.54) is 18.3 Å². The van der Waals surface area contributed by atoms with Gasteiger partial charge in [0.15, 0.2) is 0 Å². The van der Waals surface area contributed by atoms with Crippen molar-refractivity contribution in [1.82, 2.24) is 4.98 Å². The second-order valence-electron chi connectivity index (χ2n) is 7.12. The van der Waals surface area contributed by atoms with Crippen LogP contribution in [-0.4, -0.2) is 29.2 Å². The SMILES string of the molecule is CC1(C)OB(c2ccc(NC(=O)c3c(F)cccc3F)nc2)OC1(C)C. The molecule has 2 aromatic rings. The molecular weight excluding hydrogens is 341 g/mol. The summed E-state index contributed by atoms with van der Waals surface area (Å²) >= 11 is 0. The van der Waals surface area contributed by atoms with Gasteiger partial charge in [-0.25, -0.2) is 13.8 Å². The van der Waals surface area contributed by atoms with Crippen molar-refractivity contribution < 1.29 is 22.9 Å². The van der Waals surface area contributed by atoms with Crippen molar-refractivity contribution in [3.63, 3.8) is 0 Å². The summed E-state index contributed by atoms with van der Waals surface area (Å²) in [5.74, 6) is -2.61. The second kappa shape index (κ2) is 6.44. The number of carbonyl (C=O) groups is 1. The Morgan fingerprint density at radius 3 is 2.12 bits per heavy atom. The molecule has 2 heterocycles. The maximum Gasteiger partial charge on any atom is 0.496 e. The normalized spacial score (nSPS) is 18.0. The lowest BCUT2D eigenvalue weighted by Crippen LogP contribution is -2.41. The Kier molecular flexibility index (Phi) is 4.58. The van der Waals surface area contributed by atoms with Crippen molar-refractivity contribution in [2.45, 2.75) is 38.9 Å². The third-order valence-electron chi connectivity index (χ3n) is 4.74. The van der Waals surface area contributed by atoms with E-state index >= 15 is 0 Å². The van der Waals surface area contributed by atoms with Gasteiger partial charge in [-0.1, -0.05) is 12.1 Å². The number of benzene rings is 1. The number of anilines is 1. The predicted octanol–water partition coefficient (Wildman–Crippen LogP) is 2.91. The van der Waals surface area contributed by atoms with Gasteiger partial charge in [0.25, 0.3) is 5.91 Å². The van der Waals surface area contributed by atoms with Gasteiger partial charge in [-0.2, -0.15) is 0 Å². The molecule has 8 heteroatoms. The molecule has 0 saturated carbocycles. The standard InChI is InChI=1S/C18H19BF2N2O3/c1-17(2)18(3,4)26-19(25-17)11-8-9-14(22-10-11)23-16(24)15-12(20)6-5-7-13(15)21/h5-10H,1-4H3,(H,22,23,24). The van der Waals surface area contributed by atoms with Crippen LogP contribution in [0.2, 0.25) is 0 Å². The fourth-order valence-electron chi connectivity index (χ4n) is 2.49. The molecule has 1 aromatic carbocycles. The maximum atomic E-state index is 13.7. The maximum absolute atomic E-state index is 13.7. The Labute approximate surface area is 150 Å². The van der Waals surface area contributed by atoms with Crippen LogP contribution in [0.4, 0.5) is 14.6 Å². The number of halogens is 2. The molecule has 26 heavy (non-hydrogen) atoms. The van der Waals surface area contributed by atoms with Crippen molar-refractivity contribution in [3.05, 3.63) is 53.7 Å². The minimum Gasteiger partial charge on any atom is -0.399 e. The minimum absolute atomic E-state index is 0.165. The van der Waals surface area contributed by atoms with Gasteiger partial charge in [-0.05, 0) is 45.9 Å². The van der Waals surface area contributed by atoms with Crippen LogP contribution < -0.4 is 10.8 Å². The topological polar surface area (TPSA) is 60.5 Å². The van der Waals surface area contributed by atoms with Crippen LogP contribution in [0.5, 0.6) is 0 Å². The Balaban J connectivity index is 1.74. The zero-order valence-electron chi connectivity index (χ0n) is 15.0. The zero-order chi connectivity index (χ0) is 19.1. The summed E-state index contributed by atoms with van der Waals surface area (Å²) in [6.07, 6.45) is 1.50. The summed E-state index contributed by atoms with van der Waals surface area (Å²) in [5, 5.41) is 2.38. The third-order valence-corrected chi connectivity index (χ3v) is 4.74. The highest BCUT2D eigenvalue weighted by Crippen LogP contribution is 2.36. The number of carbonyl (C=O) groups excluding carboxylic acids is 1. The highest BCUT2D eigenvalue weighted by molar-refractivity contribution is 6.62. The molecule has 1 aliphatic rings. The van der Waals surface area contributed by atoms with Crippen molar-refractivity contribution >= 4 is 24.3 Å². The van der Waals surface area contributed by atoms with Crippen LogP contribution in [0, 0.1) is 11.6 Å². The first-order valence-corrected chi connectivity index (χ1v) is 8.18.